The van der Waals surface area contributed by atoms with Crippen LogP contribution in [-0.2, 0) is 11.2 Å². The van der Waals surface area contributed by atoms with E-state index in [9.17, 15) is 9.90 Å². The average molecular weight is 383 g/mol. The molecule has 2 unspecified atom stereocenters. The molecule has 3 heterocycles. The number of hydrogen-bond donors (Lipinski definition) is 1. The van der Waals surface area contributed by atoms with Crippen LogP contribution in [0.2, 0.25) is 0 Å². The number of likely N-dealkylation sites (N-methyl/N-ethyl adjacent to an activating group) is 1. The Kier molecular flexibility index (Phi) is 5.90. The average Bonchev–Trinajstić information content (AvgIpc) is 2.94. The number of pyridine rings is 1. The zero-order chi connectivity index (χ0) is 19.5. The van der Waals surface area contributed by atoms with E-state index in [1.165, 1.54) is 5.56 Å². The van der Waals surface area contributed by atoms with Gasteiger partial charge < -0.3 is 14.9 Å². The number of amides is 1. The fraction of sp³-hybridized carbons (Fsp3) is 0.545. The predicted molar refractivity (Wildman–Crippen MR) is 110 cm³/mol. The van der Waals surface area contributed by atoms with E-state index in [0.717, 1.165) is 49.9 Å². The molecule has 2 aliphatic rings. The van der Waals surface area contributed by atoms with E-state index in [0.29, 0.717) is 19.6 Å². The van der Waals surface area contributed by atoms with Crippen LogP contribution in [0.1, 0.15) is 12.0 Å². The van der Waals surface area contributed by atoms with Crippen LogP contribution >= 0.6 is 0 Å². The molecule has 0 spiro atoms. The molecule has 0 aliphatic carbocycles. The first-order valence-corrected chi connectivity index (χ1v) is 10.3. The minimum Gasteiger partial charge on any atom is -0.391 e. The number of carbonyl (C=O) groups is 1. The lowest BCUT2D eigenvalue weighted by Crippen LogP contribution is -2.41. The summed E-state index contributed by atoms with van der Waals surface area (Å²) in [4.78, 5) is 23.7. The predicted octanol–water partition coefficient (Wildman–Crippen LogP) is 1.23. The minimum absolute atomic E-state index is 0.0741. The molecule has 6 heteroatoms. The number of fused-ring (bicyclic) bond motifs is 1. The van der Waals surface area contributed by atoms with Crippen LogP contribution in [0.25, 0.3) is 10.9 Å². The van der Waals surface area contributed by atoms with Gasteiger partial charge in [0.2, 0.25) is 5.91 Å². The van der Waals surface area contributed by atoms with Crippen molar-refractivity contribution in [2.75, 3.05) is 52.9 Å². The number of aliphatic hydroxyl groups excluding tert-OH is 1. The molecule has 1 N–H and O–H groups in total. The number of nitrogens with zero attached hydrogens (tertiary/aromatic N) is 4. The quantitative estimate of drug-likeness (QED) is 0.862. The topological polar surface area (TPSA) is 59.9 Å². The van der Waals surface area contributed by atoms with Crippen LogP contribution < -0.4 is 0 Å². The molecule has 1 aromatic heterocycles. The van der Waals surface area contributed by atoms with Crippen molar-refractivity contribution in [3.63, 3.8) is 0 Å². The first-order valence-electron chi connectivity index (χ1n) is 10.3. The van der Waals surface area contributed by atoms with Gasteiger partial charge in [-0.05, 0) is 50.7 Å². The number of benzene rings is 1. The maximum atomic E-state index is 12.8. The molecule has 1 aromatic carbocycles. The lowest BCUT2D eigenvalue weighted by atomic mass is 9.94. The number of β-amino-alcohol motifs (C(OH)–C–C–N with tert-alkyl or cyclic N) is 1. The summed E-state index contributed by atoms with van der Waals surface area (Å²) in [5, 5.41) is 11.7. The standard InChI is InChI=1S/C22H30N4O2/c1-24-9-4-10-25(12-11-24)16-22(28)26-14-18(21(27)15-26)13-17-7-8-23-20-6-3-2-5-19(17)20/h2-3,5-8,18,21,27H,4,9-16H2,1H3. The van der Waals surface area contributed by atoms with Crippen LogP contribution in [0.4, 0.5) is 0 Å². The maximum Gasteiger partial charge on any atom is 0.236 e. The van der Waals surface area contributed by atoms with E-state index in [2.05, 4.69) is 27.9 Å². The van der Waals surface area contributed by atoms with Crippen molar-refractivity contribution < 1.29 is 9.90 Å². The number of aromatic nitrogens is 1. The van der Waals surface area contributed by atoms with E-state index in [1.54, 1.807) is 0 Å². The molecule has 1 amide bonds. The summed E-state index contributed by atoms with van der Waals surface area (Å²) in [6, 6.07) is 10.1. The monoisotopic (exact) mass is 382 g/mol. The summed E-state index contributed by atoms with van der Waals surface area (Å²) < 4.78 is 0. The Morgan fingerprint density at radius 2 is 2.00 bits per heavy atom. The molecule has 0 radical (unpaired) electrons. The zero-order valence-corrected chi connectivity index (χ0v) is 16.6. The lowest BCUT2D eigenvalue weighted by Gasteiger charge is -2.23. The van der Waals surface area contributed by atoms with Gasteiger partial charge in [-0.1, -0.05) is 18.2 Å². The van der Waals surface area contributed by atoms with E-state index < -0.39 is 6.10 Å². The Balaban J connectivity index is 1.38. The highest BCUT2D eigenvalue weighted by atomic mass is 16.3. The van der Waals surface area contributed by atoms with Crippen molar-refractivity contribution in [3.8, 4) is 0 Å². The van der Waals surface area contributed by atoms with Gasteiger partial charge in [-0.25, -0.2) is 0 Å². The molecule has 4 rings (SSSR count). The molecule has 2 fully saturated rings. The first-order chi connectivity index (χ1) is 13.6. The molecule has 28 heavy (non-hydrogen) atoms. The van der Waals surface area contributed by atoms with Crippen LogP contribution in [0.5, 0.6) is 0 Å². The maximum absolute atomic E-state index is 12.8. The fourth-order valence-corrected chi connectivity index (χ4v) is 4.42. The smallest absolute Gasteiger partial charge is 0.236 e. The number of hydrogen-bond acceptors (Lipinski definition) is 5. The molecule has 2 atom stereocenters. The minimum atomic E-state index is -0.467. The van der Waals surface area contributed by atoms with Crippen molar-refractivity contribution in [1.29, 1.82) is 0 Å². The highest BCUT2D eigenvalue weighted by molar-refractivity contribution is 5.82. The summed E-state index contributed by atoms with van der Waals surface area (Å²) in [7, 11) is 2.13. The van der Waals surface area contributed by atoms with Gasteiger partial charge in [0.05, 0.1) is 18.2 Å². The van der Waals surface area contributed by atoms with Gasteiger partial charge in [-0.3, -0.25) is 14.7 Å². The van der Waals surface area contributed by atoms with Crippen molar-refractivity contribution in [2.45, 2.75) is 18.9 Å². The number of likely N-dealkylation sites (tertiary alicyclic amines) is 1. The summed E-state index contributed by atoms with van der Waals surface area (Å²) in [6.45, 7) is 5.54. The second-order valence-corrected chi connectivity index (χ2v) is 8.25. The third-order valence-corrected chi connectivity index (χ3v) is 6.15. The number of aliphatic hydroxyl groups is 1. The van der Waals surface area contributed by atoms with Crippen molar-refractivity contribution in [1.82, 2.24) is 19.7 Å². The van der Waals surface area contributed by atoms with Gasteiger partial charge in [-0.2, -0.15) is 0 Å². The third-order valence-electron chi connectivity index (χ3n) is 6.15. The third kappa shape index (κ3) is 4.35. The molecule has 0 bridgehead atoms. The highest BCUT2D eigenvalue weighted by Crippen LogP contribution is 2.25. The Morgan fingerprint density at radius 3 is 2.89 bits per heavy atom. The number of carbonyl (C=O) groups excluding carboxylic acids is 1. The van der Waals surface area contributed by atoms with Gasteiger partial charge >= 0.3 is 0 Å². The molecule has 150 valence electrons. The summed E-state index contributed by atoms with van der Waals surface area (Å²) in [5.74, 6) is 0.218. The van der Waals surface area contributed by atoms with E-state index in [-0.39, 0.29) is 11.8 Å². The van der Waals surface area contributed by atoms with E-state index in [4.69, 9.17) is 0 Å². The van der Waals surface area contributed by atoms with E-state index >= 15 is 0 Å². The van der Waals surface area contributed by atoms with Crippen molar-refractivity contribution in [3.05, 3.63) is 42.1 Å². The summed E-state index contributed by atoms with van der Waals surface area (Å²) >= 11 is 0. The van der Waals surface area contributed by atoms with Gasteiger partial charge in [0.1, 0.15) is 0 Å². The Labute approximate surface area is 166 Å². The second kappa shape index (κ2) is 8.55. The van der Waals surface area contributed by atoms with Gasteiger partial charge in [-0.15, -0.1) is 0 Å². The Hall–Kier alpha value is -2.02. The second-order valence-electron chi connectivity index (χ2n) is 8.25. The largest absolute Gasteiger partial charge is 0.391 e. The van der Waals surface area contributed by atoms with Crippen LogP contribution in [-0.4, -0.2) is 89.7 Å². The van der Waals surface area contributed by atoms with Crippen molar-refractivity contribution in [2.24, 2.45) is 5.92 Å². The lowest BCUT2D eigenvalue weighted by molar-refractivity contribution is -0.131. The molecule has 6 nitrogen and oxygen atoms in total. The molecule has 2 aromatic rings. The summed E-state index contributed by atoms with van der Waals surface area (Å²) in [5.41, 5.74) is 2.17. The molecular weight excluding hydrogens is 352 g/mol. The summed E-state index contributed by atoms with van der Waals surface area (Å²) in [6.07, 6.45) is 3.23. The van der Waals surface area contributed by atoms with Crippen LogP contribution in [0.15, 0.2) is 36.5 Å². The number of rotatable bonds is 4. The van der Waals surface area contributed by atoms with Gasteiger partial charge in [0, 0.05) is 43.7 Å². The van der Waals surface area contributed by atoms with Crippen molar-refractivity contribution >= 4 is 16.8 Å². The molecule has 2 saturated heterocycles. The number of para-hydroxylation sites is 1. The molecule has 0 saturated carbocycles. The van der Waals surface area contributed by atoms with Crippen LogP contribution in [0.3, 0.4) is 0 Å². The molecular formula is C22H30N4O2. The van der Waals surface area contributed by atoms with E-state index in [1.807, 2.05) is 35.4 Å². The van der Waals surface area contributed by atoms with Crippen LogP contribution in [0, 0.1) is 5.92 Å². The normalized spacial score (nSPS) is 24.6. The molecule has 2 aliphatic heterocycles. The fourth-order valence-electron chi connectivity index (χ4n) is 4.42. The Bertz CT molecular complexity index is 822. The SMILES string of the molecule is CN1CCCN(CC(=O)N2CC(O)C(Cc3ccnc4ccccc34)C2)CC1. The Morgan fingerprint density at radius 1 is 1.14 bits per heavy atom. The highest BCUT2D eigenvalue weighted by Gasteiger charge is 2.34. The first kappa shape index (κ1) is 19.3. The van der Waals surface area contributed by atoms with Gasteiger partial charge in [0.15, 0.2) is 0 Å². The van der Waals surface area contributed by atoms with Gasteiger partial charge in [0.25, 0.3) is 0 Å². The zero-order valence-electron chi connectivity index (χ0n) is 16.6.